The fourth-order valence-electron chi connectivity index (χ4n) is 0.964. The van der Waals surface area contributed by atoms with Crippen molar-refractivity contribution in [3.63, 3.8) is 0 Å². The van der Waals surface area contributed by atoms with Crippen molar-refractivity contribution in [1.82, 2.24) is 0 Å². The van der Waals surface area contributed by atoms with Gasteiger partial charge in [0.1, 0.15) is 6.04 Å². The van der Waals surface area contributed by atoms with Gasteiger partial charge in [-0.1, -0.05) is 11.6 Å². The van der Waals surface area contributed by atoms with E-state index in [1.807, 2.05) is 12.2 Å². The molecule has 0 spiro atoms. The monoisotopic (exact) mass is 152 g/mol. The minimum absolute atomic E-state index is 0.127. The maximum absolute atomic E-state index is 5.69. The molecule has 0 aliphatic carbocycles. The lowest BCUT2D eigenvalue weighted by molar-refractivity contribution is 1.11. The van der Waals surface area contributed by atoms with E-state index in [2.05, 4.69) is 9.98 Å². The molecule has 2 aliphatic heterocycles. The summed E-state index contributed by atoms with van der Waals surface area (Å²) in [6.07, 6.45) is 7.18. The number of halogens is 1. The average Bonchev–Trinajstić information content (AvgIpc) is 2.33. The van der Waals surface area contributed by atoms with Crippen molar-refractivity contribution < 1.29 is 0 Å². The van der Waals surface area contributed by atoms with Crippen LogP contribution in [0.5, 0.6) is 0 Å². The summed E-state index contributed by atoms with van der Waals surface area (Å²) in [5, 5.41) is 0.652. The molecule has 0 saturated carbocycles. The van der Waals surface area contributed by atoms with Crippen LogP contribution in [0.15, 0.2) is 33.4 Å². The van der Waals surface area contributed by atoms with Gasteiger partial charge >= 0.3 is 0 Å². The van der Waals surface area contributed by atoms with Gasteiger partial charge < -0.3 is 0 Å². The van der Waals surface area contributed by atoms with Gasteiger partial charge in [-0.25, -0.2) is 0 Å². The van der Waals surface area contributed by atoms with Gasteiger partial charge in [0.15, 0.2) is 0 Å². The maximum Gasteiger partial charge on any atom is 0.112 e. The Bertz CT molecular complexity index is 273. The number of rotatable bonds is 0. The van der Waals surface area contributed by atoms with E-state index in [1.165, 1.54) is 0 Å². The summed E-state index contributed by atoms with van der Waals surface area (Å²) in [6.45, 7) is 0. The molecule has 0 fully saturated rings. The van der Waals surface area contributed by atoms with Crippen LogP contribution in [0.25, 0.3) is 0 Å². The molecule has 0 N–H and O–H groups in total. The molecule has 3 heteroatoms. The summed E-state index contributed by atoms with van der Waals surface area (Å²) in [6, 6.07) is 0.127. The fraction of sp³-hybridized carbons (Fsp3) is 0.143. The molecule has 0 amide bonds. The molecule has 2 nitrogen and oxygen atoms in total. The Labute approximate surface area is 63.6 Å². The zero-order valence-corrected chi connectivity index (χ0v) is 5.92. The van der Waals surface area contributed by atoms with E-state index in [9.17, 15) is 0 Å². The topological polar surface area (TPSA) is 24.7 Å². The number of aliphatic imine (C=N–C) groups is 2. The third kappa shape index (κ3) is 0.809. The predicted octanol–water partition coefficient (Wildman–Crippen LogP) is 1.53. The Hall–Kier alpha value is -0.890. The largest absolute Gasteiger partial charge is 0.278 e. The van der Waals surface area contributed by atoms with Gasteiger partial charge in [0.2, 0.25) is 0 Å². The molecule has 1 atom stereocenters. The molecule has 2 aliphatic rings. The second-order valence-corrected chi connectivity index (χ2v) is 2.58. The van der Waals surface area contributed by atoms with Crippen molar-refractivity contribution in [3.05, 3.63) is 23.4 Å². The van der Waals surface area contributed by atoms with Gasteiger partial charge in [-0.15, -0.1) is 0 Å². The summed E-state index contributed by atoms with van der Waals surface area (Å²) < 4.78 is 0. The number of allylic oxidation sites excluding steroid dienone is 1. The number of fused-ring (bicyclic) bond motifs is 1. The predicted molar refractivity (Wildman–Crippen MR) is 42.8 cm³/mol. The van der Waals surface area contributed by atoms with Crippen LogP contribution in [0, 0.1) is 0 Å². The number of hydrogen-bond acceptors (Lipinski definition) is 2. The molecule has 2 rings (SSSR count). The number of nitrogens with zero attached hydrogens (tertiary/aromatic N) is 2. The third-order valence-corrected chi connectivity index (χ3v) is 1.65. The fourth-order valence-corrected chi connectivity index (χ4v) is 1.13. The highest BCUT2D eigenvalue weighted by Crippen LogP contribution is 2.14. The van der Waals surface area contributed by atoms with Crippen LogP contribution in [-0.2, 0) is 0 Å². The smallest absolute Gasteiger partial charge is 0.112 e. The normalized spacial score (nSPS) is 27.9. The first-order valence-corrected chi connectivity index (χ1v) is 3.39. The zero-order chi connectivity index (χ0) is 6.97. The summed E-state index contributed by atoms with van der Waals surface area (Å²) in [5.41, 5.74) is 0.938. The van der Waals surface area contributed by atoms with Crippen LogP contribution in [-0.4, -0.2) is 18.0 Å². The second-order valence-electron chi connectivity index (χ2n) is 2.15. The van der Waals surface area contributed by atoms with Crippen molar-refractivity contribution in [2.75, 3.05) is 0 Å². The third-order valence-electron chi connectivity index (χ3n) is 1.44. The Kier molecular flexibility index (Phi) is 1.21. The van der Waals surface area contributed by atoms with Gasteiger partial charge in [0.05, 0.1) is 10.7 Å². The zero-order valence-electron chi connectivity index (χ0n) is 5.16. The van der Waals surface area contributed by atoms with Crippen LogP contribution in [0.2, 0.25) is 0 Å². The molecule has 50 valence electrons. The van der Waals surface area contributed by atoms with E-state index in [1.54, 1.807) is 12.4 Å². The minimum atomic E-state index is 0.127. The molecular formula is C7H5ClN2. The lowest BCUT2D eigenvalue weighted by atomic mass is 10.1. The highest BCUT2D eigenvalue weighted by molar-refractivity contribution is 6.41. The van der Waals surface area contributed by atoms with E-state index < -0.39 is 0 Å². The first kappa shape index (κ1) is 5.86. The minimum Gasteiger partial charge on any atom is -0.278 e. The quantitative estimate of drug-likeness (QED) is 0.503. The van der Waals surface area contributed by atoms with Gasteiger partial charge in [0.25, 0.3) is 0 Å². The van der Waals surface area contributed by atoms with E-state index in [4.69, 9.17) is 11.6 Å². The first-order valence-electron chi connectivity index (χ1n) is 3.01. The van der Waals surface area contributed by atoms with E-state index in [0.29, 0.717) is 5.03 Å². The highest BCUT2D eigenvalue weighted by Gasteiger charge is 2.15. The lowest BCUT2D eigenvalue weighted by Gasteiger charge is -2.06. The van der Waals surface area contributed by atoms with Gasteiger partial charge in [-0.3, -0.25) is 9.98 Å². The number of dihydropyridines is 1. The Morgan fingerprint density at radius 1 is 1.50 bits per heavy atom. The average molecular weight is 153 g/mol. The SMILES string of the molecule is ClC1=CC2=NC=C[C@H]2N=C1. The van der Waals surface area contributed by atoms with Crippen molar-refractivity contribution in [1.29, 1.82) is 0 Å². The molecule has 0 aromatic heterocycles. The Morgan fingerprint density at radius 3 is 3.30 bits per heavy atom. The summed E-state index contributed by atoms with van der Waals surface area (Å²) in [5.74, 6) is 0. The van der Waals surface area contributed by atoms with E-state index in [-0.39, 0.29) is 6.04 Å². The van der Waals surface area contributed by atoms with Crippen LogP contribution in [0.1, 0.15) is 0 Å². The van der Waals surface area contributed by atoms with Crippen LogP contribution < -0.4 is 0 Å². The van der Waals surface area contributed by atoms with Gasteiger partial charge in [-0.2, -0.15) is 0 Å². The van der Waals surface area contributed by atoms with Crippen LogP contribution in [0.4, 0.5) is 0 Å². The molecule has 2 heterocycles. The summed E-state index contributed by atoms with van der Waals surface area (Å²) >= 11 is 5.69. The summed E-state index contributed by atoms with van der Waals surface area (Å²) in [7, 11) is 0. The van der Waals surface area contributed by atoms with Crippen LogP contribution in [0.3, 0.4) is 0 Å². The Morgan fingerprint density at radius 2 is 2.40 bits per heavy atom. The molecule has 0 unspecified atom stereocenters. The van der Waals surface area contributed by atoms with Crippen LogP contribution >= 0.6 is 11.6 Å². The molecule has 0 aromatic rings. The molecule has 0 bridgehead atoms. The van der Waals surface area contributed by atoms with Crippen molar-refractivity contribution in [3.8, 4) is 0 Å². The highest BCUT2D eigenvalue weighted by atomic mass is 35.5. The molecule has 0 radical (unpaired) electrons. The van der Waals surface area contributed by atoms with Crippen molar-refractivity contribution >= 4 is 23.5 Å². The lowest BCUT2D eigenvalue weighted by Crippen LogP contribution is -2.14. The standard InChI is InChI=1S/C7H5ClN2/c8-5-3-7-6(10-4-5)1-2-9-7/h1-4,6H/t6-/m1/s1. The molecular weight excluding hydrogens is 148 g/mol. The Balaban J connectivity index is 2.39. The molecule has 0 aromatic carbocycles. The van der Waals surface area contributed by atoms with E-state index in [0.717, 1.165) is 5.71 Å². The molecule has 10 heavy (non-hydrogen) atoms. The summed E-state index contributed by atoms with van der Waals surface area (Å²) in [4.78, 5) is 8.20. The molecule has 0 saturated heterocycles. The maximum atomic E-state index is 5.69. The number of hydrogen-bond donors (Lipinski definition) is 0. The first-order chi connectivity index (χ1) is 4.86. The van der Waals surface area contributed by atoms with Gasteiger partial charge in [-0.05, 0) is 12.2 Å². The second kappa shape index (κ2) is 2.06. The van der Waals surface area contributed by atoms with Crippen molar-refractivity contribution in [2.45, 2.75) is 6.04 Å². The van der Waals surface area contributed by atoms with Gasteiger partial charge in [0, 0.05) is 12.4 Å². The van der Waals surface area contributed by atoms with Crippen molar-refractivity contribution in [2.24, 2.45) is 9.98 Å². The van der Waals surface area contributed by atoms with E-state index >= 15 is 0 Å².